The van der Waals surface area contributed by atoms with Crippen molar-refractivity contribution in [3.63, 3.8) is 0 Å². The van der Waals surface area contributed by atoms with Crippen LogP contribution in [0.25, 0.3) is 0 Å². The van der Waals surface area contributed by atoms with Gasteiger partial charge in [-0.25, -0.2) is 0 Å². The van der Waals surface area contributed by atoms with Gasteiger partial charge in [-0.15, -0.1) is 0 Å². The lowest BCUT2D eigenvalue weighted by molar-refractivity contribution is 1.33. The molecule has 1 aromatic heterocycles. The molecule has 2 rings (SSSR count). The second kappa shape index (κ2) is 4.72. The maximum absolute atomic E-state index is 5.86. The molecule has 0 saturated heterocycles. The number of nitrogens with two attached hydrogens (primary N) is 1. The van der Waals surface area contributed by atoms with Gasteiger partial charge in [-0.1, -0.05) is 11.6 Å². The minimum absolute atomic E-state index is 0.601. The first-order valence-corrected chi connectivity index (χ1v) is 5.75. The highest BCUT2D eigenvalue weighted by atomic mass is 79.9. The van der Waals surface area contributed by atoms with Crippen LogP contribution in [0.4, 0.5) is 17.1 Å². The van der Waals surface area contributed by atoms with Gasteiger partial charge in [0, 0.05) is 15.7 Å². The quantitative estimate of drug-likeness (QED) is 0.886. The van der Waals surface area contributed by atoms with Crippen LogP contribution in [-0.2, 0) is 0 Å². The van der Waals surface area contributed by atoms with Gasteiger partial charge in [0.2, 0.25) is 0 Å². The Balaban J connectivity index is 2.31. The summed E-state index contributed by atoms with van der Waals surface area (Å²) in [6.45, 7) is 0. The number of nitrogen functional groups attached to an aromatic ring is 1. The van der Waals surface area contributed by atoms with Crippen LogP contribution in [0.2, 0.25) is 5.02 Å². The van der Waals surface area contributed by atoms with E-state index in [1.807, 2.05) is 24.3 Å². The Labute approximate surface area is 107 Å². The highest BCUT2D eigenvalue weighted by Gasteiger charge is 2.03. The summed E-state index contributed by atoms with van der Waals surface area (Å²) in [5, 5.41) is 3.88. The van der Waals surface area contributed by atoms with Crippen molar-refractivity contribution in [1.82, 2.24) is 4.98 Å². The Morgan fingerprint density at radius 2 is 2.06 bits per heavy atom. The first kappa shape index (κ1) is 11.2. The van der Waals surface area contributed by atoms with E-state index in [1.165, 1.54) is 0 Å². The van der Waals surface area contributed by atoms with Gasteiger partial charge >= 0.3 is 0 Å². The van der Waals surface area contributed by atoms with E-state index in [0.717, 1.165) is 15.8 Å². The first-order valence-electron chi connectivity index (χ1n) is 4.58. The molecule has 0 aliphatic rings. The van der Waals surface area contributed by atoms with Crippen LogP contribution in [0.1, 0.15) is 0 Å². The average Bonchev–Trinajstić information content (AvgIpc) is 2.25. The molecule has 2 aromatic rings. The van der Waals surface area contributed by atoms with Crippen molar-refractivity contribution in [2.45, 2.75) is 0 Å². The molecule has 3 nitrogen and oxygen atoms in total. The average molecular weight is 299 g/mol. The molecule has 3 N–H and O–H groups in total. The summed E-state index contributed by atoms with van der Waals surface area (Å²) in [4.78, 5) is 3.93. The molecular weight excluding hydrogens is 289 g/mol. The standard InChI is InChI=1S/C11H9BrClN3/c12-8-5-7(13)1-2-10(8)16-11-3-4-15-6-9(11)14/h1-6H,14H2,(H,15,16). The predicted octanol–water partition coefficient (Wildman–Crippen LogP) is 3.82. The Bertz CT molecular complexity index is 516. The molecule has 82 valence electrons. The molecule has 5 heteroatoms. The van der Waals surface area contributed by atoms with Crippen LogP contribution in [0.5, 0.6) is 0 Å². The number of anilines is 3. The monoisotopic (exact) mass is 297 g/mol. The number of hydrogen-bond donors (Lipinski definition) is 2. The van der Waals surface area contributed by atoms with E-state index in [9.17, 15) is 0 Å². The normalized spacial score (nSPS) is 10.1. The lowest BCUT2D eigenvalue weighted by atomic mass is 10.3. The van der Waals surface area contributed by atoms with Crippen LogP contribution in [0.15, 0.2) is 41.1 Å². The van der Waals surface area contributed by atoms with E-state index < -0.39 is 0 Å². The summed E-state index contributed by atoms with van der Waals surface area (Å²) >= 11 is 9.28. The fourth-order valence-corrected chi connectivity index (χ4v) is 2.04. The Kier molecular flexibility index (Phi) is 3.31. The fourth-order valence-electron chi connectivity index (χ4n) is 1.26. The Hall–Kier alpha value is -1.26. The van der Waals surface area contributed by atoms with Crippen molar-refractivity contribution in [3.05, 3.63) is 46.2 Å². The summed E-state index contributed by atoms with van der Waals surface area (Å²) < 4.78 is 0.885. The van der Waals surface area contributed by atoms with E-state index in [1.54, 1.807) is 12.4 Å². The maximum Gasteiger partial charge on any atom is 0.0739 e. The topological polar surface area (TPSA) is 50.9 Å². The third-order valence-electron chi connectivity index (χ3n) is 2.05. The van der Waals surface area contributed by atoms with Gasteiger partial charge in [0.15, 0.2) is 0 Å². The molecule has 0 aliphatic heterocycles. The van der Waals surface area contributed by atoms with Crippen molar-refractivity contribution >= 4 is 44.6 Å². The molecular formula is C11H9BrClN3. The summed E-state index contributed by atoms with van der Waals surface area (Å²) in [6, 6.07) is 7.33. The zero-order valence-electron chi connectivity index (χ0n) is 8.24. The fraction of sp³-hybridized carbons (Fsp3) is 0. The molecule has 0 spiro atoms. The highest BCUT2D eigenvalue weighted by molar-refractivity contribution is 9.10. The number of rotatable bonds is 2. The smallest absolute Gasteiger partial charge is 0.0739 e. The zero-order valence-corrected chi connectivity index (χ0v) is 10.6. The third-order valence-corrected chi connectivity index (χ3v) is 2.94. The van der Waals surface area contributed by atoms with Crippen LogP contribution in [0, 0.1) is 0 Å². The summed E-state index contributed by atoms with van der Waals surface area (Å²) in [7, 11) is 0. The molecule has 0 unspecified atom stereocenters. The molecule has 0 atom stereocenters. The van der Waals surface area contributed by atoms with Crippen LogP contribution in [-0.4, -0.2) is 4.98 Å². The third kappa shape index (κ3) is 2.46. The molecule has 0 saturated carbocycles. The number of benzene rings is 1. The first-order chi connectivity index (χ1) is 7.66. The molecule has 0 radical (unpaired) electrons. The van der Waals surface area contributed by atoms with Crippen molar-refractivity contribution < 1.29 is 0 Å². The molecule has 16 heavy (non-hydrogen) atoms. The van der Waals surface area contributed by atoms with E-state index >= 15 is 0 Å². The van der Waals surface area contributed by atoms with Gasteiger partial charge < -0.3 is 11.1 Å². The summed E-state index contributed by atoms with van der Waals surface area (Å²) in [5.74, 6) is 0. The highest BCUT2D eigenvalue weighted by Crippen LogP contribution is 2.30. The lowest BCUT2D eigenvalue weighted by Gasteiger charge is -2.10. The number of pyridine rings is 1. The Morgan fingerprint density at radius 3 is 2.75 bits per heavy atom. The molecule has 0 bridgehead atoms. The lowest BCUT2D eigenvalue weighted by Crippen LogP contribution is -1.97. The minimum atomic E-state index is 0.601. The van der Waals surface area contributed by atoms with Crippen LogP contribution < -0.4 is 11.1 Å². The molecule has 0 fully saturated rings. The largest absolute Gasteiger partial charge is 0.396 e. The van der Waals surface area contributed by atoms with Gasteiger partial charge in [0.1, 0.15) is 0 Å². The number of halogens is 2. The van der Waals surface area contributed by atoms with Crippen molar-refractivity contribution in [2.24, 2.45) is 0 Å². The van der Waals surface area contributed by atoms with Crippen molar-refractivity contribution in [1.29, 1.82) is 0 Å². The number of nitrogens with zero attached hydrogens (tertiary/aromatic N) is 1. The Morgan fingerprint density at radius 1 is 1.25 bits per heavy atom. The number of aromatic nitrogens is 1. The van der Waals surface area contributed by atoms with Crippen molar-refractivity contribution in [3.8, 4) is 0 Å². The van der Waals surface area contributed by atoms with Crippen molar-refractivity contribution in [2.75, 3.05) is 11.1 Å². The summed E-state index contributed by atoms with van der Waals surface area (Å²) in [5.41, 5.74) is 8.11. The minimum Gasteiger partial charge on any atom is -0.396 e. The second-order valence-corrected chi connectivity index (χ2v) is 4.50. The maximum atomic E-state index is 5.86. The molecule has 0 aliphatic carbocycles. The second-order valence-electron chi connectivity index (χ2n) is 3.21. The predicted molar refractivity (Wildman–Crippen MR) is 71.1 cm³/mol. The number of hydrogen-bond acceptors (Lipinski definition) is 3. The van der Waals surface area contributed by atoms with Gasteiger partial charge in [-0.2, -0.15) is 0 Å². The van der Waals surface area contributed by atoms with E-state index in [4.69, 9.17) is 17.3 Å². The molecule has 1 aromatic carbocycles. The van der Waals surface area contributed by atoms with Crippen LogP contribution in [0.3, 0.4) is 0 Å². The van der Waals surface area contributed by atoms with Crippen LogP contribution >= 0.6 is 27.5 Å². The van der Waals surface area contributed by atoms with Gasteiger partial charge in [-0.05, 0) is 40.2 Å². The van der Waals surface area contributed by atoms with E-state index in [-0.39, 0.29) is 0 Å². The van der Waals surface area contributed by atoms with Gasteiger partial charge in [-0.3, -0.25) is 4.98 Å². The van der Waals surface area contributed by atoms with Gasteiger partial charge in [0.25, 0.3) is 0 Å². The SMILES string of the molecule is Nc1cnccc1Nc1ccc(Cl)cc1Br. The van der Waals surface area contributed by atoms with E-state index in [2.05, 4.69) is 26.2 Å². The zero-order chi connectivity index (χ0) is 11.5. The molecule has 1 heterocycles. The van der Waals surface area contributed by atoms with Gasteiger partial charge in [0.05, 0.1) is 23.3 Å². The summed E-state index contributed by atoms with van der Waals surface area (Å²) in [6.07, 6.45) is 3.29. The number of nitrogens with one attached hydrogen (secondary N) is 1. The van der Waals surface area contributed by atoms with E-state index in [0.29, 0.717) is 10.7 Å². The molecule has 0 amide bonds.